The molecule has 1 nitrogen and oxygen atoms in total. The predicted octanol–water partition coefficient (Wildman–Crippen LogP) is 17.4. The van der Waals surface area contributed by atoms with E-state index in [-0.39, 0.29) is 0 Å². The molecule has 0 aromatic heterocycles. The van der Waals surface area contributed by atoms with Crippen LogP contribution in [0, 0.1) is 20.8 Å². The molecule has 0 N–H and O–H groups in total. The molecule has 3 heteroatoms. The standard InChI is InChI=1S/C73H61NSi2/c1-46-42-63-68(59-30-18-14-26-55(46)59)69-60-31-19-15-27-56(60)47(2)43-64(69)72(63,49-22-10-8-11-23-49)73(50-24-12-9-13-25-50)65-44-48(3)57-28-16-20-32-61(57)70(65)71-62-33-21-17-29-58(62)67(45-66(71)73)74(51-34-38-53(39-35-51)75(4)5)52-36-40-54(41-37-52)76(6)7/h8-45,75-76H,1-7H3. The molecule has 0 saturated heterocycles. The topological polar surface area (TPSA) is 3.24 Å². The summed E-state index contributed by atoms with van der Waals surface area (Å²) in [4.78, 5) is 2.59. The van der Waals surface area contributed by atoms with Gasteiger partial charge in [0.05, 0.1) is 34.1 Å². The molecule has 0 bridgehead atoms. The van der Waals surface area contributed by atoms with Gasteiger partial charge in [-0.05, 0) is 161 Å². The number of hydrogen-bond donors (Lipinski definition) is 0. The molecule has 2 aliphatic rings. The van der Waals surface area contributed by atoms with Gasteiger partial charge in [-0.25, -0.2) is 0 Å². The van der Waals surface area contributed by atoms with Crippen LogP contribution in [0.4, 0.5) is 17.1 Å². The van der Waals surface area contributed by atoms with Crippen LogP contribution < -0.4 is 15.3 Å². The third kappa shape index (κ3) is 6.36. The first-order chi connectivity index (χ1) is 37.1. The second-order valence-corrected chi connectivity index (χ2v) is 28.4. The molecule has 0 saturated carbocycles. The molecule has 0 heterocycles. The van der Waals surface area contributed by atoms with Gasteiger partial charge in [-0.1, -0.05) is 237 Å². The van der Waals surface area contributed by atoms with Gasteiger partial charge in [0.25, 0.3) is 0 Å². The summed E-state index contributed by atoms with van der Waals surface area (Å²) in [5.74, 6) is 0. The minimum absolute atomic E-state index is 0.823. The predicted molar refractivity (Wildman–Crippen MR) is 332 cm³/mol. The van der Waals surface area contributed by atoms with Crippen LogP contribution in [0.25, 0.3) is 65.3 Å². The fourth-order valence-electron chi connectivity index (χ4n) is 14.4. The molecule has 0 radical (unpaired) electrons. The Bertz CT molecular complexity index is 4170. The first kappa shape index (κ1) is 46.4. The van der Waals surface area contributed by atoms with Crippen molar-refractivity contribution in [2.24, 2.45) is 0 Å². The zero-order valence-electron chi connectivity index (χ0n) is 44.5. The fourth-order valence-corrected chi connectivity index (χ4v) is 16.4. The van der Waals surface area contributed by atoms with Crippen molar-refractivity contribution < 1.29 is 0 Å². The number of benzene rings is 12. The van der Waals surface area contributed by atoms with Crippen LogP contribution in [0.15, 0.2) is 231 Å². The van der Waals surface area contributed by atoms with Crippen molar-refractivity contribution in [3.05, 3.63) is 281 Å². The zero-order valence-corrected chi connectivity index (χ0v) is 46.9. The molecule has 0 aliphatic heterocycles. The maximum Gasteiger partial charge on any atom is 0.0647 e. The van der Waals surface area contributed by atoms with Crippen LogP contribution >= 0.6 is 0 Å². The molecule has 2 aliphatic carbocycles. The monoisotopic (exact) mass is 1010 g/mol. The first-order valence-electron chi connectivity index (χ1n) is 27.4. The summed E-state index contributed by atoms with van der Waals surface area (Å²) >= 11 is 0. The van der Waals surface area contributed by atoms with E-state index in [1.807, 2.05) is 0 Å². The van der Waals surface area contributed by atoms with Gasteiger partial charge in [-0.15, -0.1) is 0 Å². The lowest BCUT2D eigenvalue weighted by Gasteiger charge is -2.51. The van der Waals surface area contributed by atoms with Crippen LogP contribution in [0.2, 0.25) is 26.2 Å². The van der Waals surface area contributed by atoms with Crippen LogP contribution in [-0.2, 0) is 10.8 Å². The van der Waals surface area contributed by atoms with Gasteiger partial charge >= 0.3 is 0 Å². The Morgan fingerprint density at radius 2 is 0.566 bits per heavy atom. The largest absolute Gasteiger partial charge is 0.310 e. The van der Waals surface area contributed by atoms with Crippen LogP contribution in [0.5, 0.6) is 0 Å². The molecule has 0 amide bonds. The second-order valence-electron chi connectivity index (χ2n) is 22.4. The summed E-state index contributed by atoms with van der Waals surface area (Å²) in [6.45, 7) is 16.8. The van der Waals surface area contributed by atoms with Gasteiger partial charge in [-0.3, -0.25) is 0 Å². The van der Waals surface area contributed by atoms with Crippen molar-refractivity contribution in [1.29, 1.82) is 0 Å². The lowest BCUT2D eigenvalue weighted by Crippen LogP contribution is -2.50. The Morgan fingerprint density at radius 3 is 0.895 bits per heavy atom. The average molecular weight is 1010 g/mol. The van der Waals surface area contributed by atoms with Gasteiger partial charge in [0.1, 0.15) is 0 Å². The lowest BCUT2D eigenvalue weighted by atomic mass is 9.49. The molecule has 1 unspecified atom stereocenters. The highest BCUT2D eigenvalue weighted by Gasteiger charge is 2.65. The normalized spacial score (nSPS) is 15.2. The van der Waals surface area contributed by atoms with E-state index in [1.54, 1.807) is 0 Å². The quantitative estimate of drug-likeness (QED) is 0.137. The SMILES string of the molecule is Cc1cc2c(c3ccccc13)-c1c(cc(C)c3ccccc13)C2(c1ccccc1)C1(c2ccccc2)c2cc(C)c3ccccc3c2-c2c1cc(N(c1ccc([SiH](C)C)cc1)c1ccc([SiH](C)C)cc1)c1ccccc21. The molecule has 0 fully saturated rings. The molecule has 0 spiro atoms. The zero-order chi connectivity index (χ0) is 51.6. The molecule has 14 rings (SSSR count). The van der Waals surface area contributed by atoms with Gasteiger partial charge in [0, 0.05) is 16.8 Å². The number of anilines is 3. The number of rotatable bonds is 8. The van der Waals surface area contributed by atoms with Crippen molar-refractivity contribution >= 4 is 88.1 Å². The van der Waals surface area contributed by atoms with E-state index in [0.29, 0.717) is 0 Å². The van der Waals surface area contributed by atoms with Gasteiger partial charge < -0.3 is 4.90 Å². The third-order valence-corrected chi connectivity index (χ3v) is 21.2. The smallest absolute Gasteiger partial charge is 0.0647 e. The highest BCUT2D eigenvalue weighted by Crippen LogP contribution is 2.73. The van der Waals surface area contributed by atoms with E-state index >= 15 is 0 Å². The Kier molecular flexibility index (Phi) is 10.7. The maximum atomic E-state index is 2.68. The van der Waals surface area contributed by atoms with Crippen molar-refractivity contribution in [3.8, 4) is 22.3 Å². The Hall–Kier alpha value is -8.09. The Balaban J connectivity index is 1.26. The fraction of sp³-hybridized carbons (Fsp3) is 0.123. The summed E-state index contributed by atoms with van der Waals surface area (Å²) in [6.07, 6.45) is 0. The van der Waals surface area contributed by atoms with E-state index < -0.39 is 28.4 Å². The van der Waals surface area contributed by atoms with Gasteiger partial charge in [0.2, 0.25) is 0 Å². The summed E-state index contributed by atoms with van der Waals surface area (Å²) < 4.78 is 0. The summed E-state index contributed by atoms with van der Waals surface area (Å²) in [5, 5.41) is 13.2. The van der Waals surface area contributed by atoms with Crippen molar-refractivity contribution in [2.75, 3.05) is 4.90 Å². The van der Waals surface area contributed by atoms with Crippen LogP contribution in [-0.4, -0.2) is 17.6 Å². The Morgan fingerprint density at radius 1 is 0.289 bits per heavy atom. The lowest BCUT2D eigenvalue weighted by molar-refractivity contribution is 0.437. The molecule has 12 aromatic carbocycles. The Labute approximate surface area is 451 Å². The molecular weight excluding hydrogens is 947 g/mol. The summed E-state index contributed by atoms with van der Waals surface area (Å²) in [7, 11) is -2.14. The van der Waals surface area contributed by atoms with Crippen LogP contribution in [0.1, 0.15) is 50.1 Å². The van der Waals surface area contributed by atoms with E-state index in [4.69, 9.17) is 0 Å². The number of hydrogen-bond acceptors (Lipinski definition) is 1. The first-order valence-corrected chi connectivity index (χ1v) is 33.2. The number of nitrogens with zero attached hydrogens (tertiary/aromatic N) is 1. The summed E-state index contributed by atoms with van der Waals surface area (Å²) in [5.41, 5.74) is 18.9. The average Bonchev–Trinajstić information content (AvgIpc) is 3.88. The minimum atomic E-state index is -1.07. The van der Waals surface area contributed by atoms with E-state index in [9.17, 15) is 0 Å². The highest BCUT2D eigenvalue weighted by atomic mass is 28.3. The van der Waals surface area contributed by atoms with E-state index in [0.717, 1.165) is 0 Å². The second kappa shape index (κ2) is 17.5. The van der Waals surface area contributed by atoms with Crippen molar-refractivity contribution in [3.63, 3.8) is 0 Å². The van der Waals surface area contributed by atoms with Crippen LogP contribution in [0.3, 0.4) is 0 Å². The summed E-state index contributed by atoms with van der Waals surface area (Å²) in [6, 6.07) is 90.1. The molecule has 12 aromatic rings. The van der Waals surface area contributed by atoms with E-state index in [2.05, 4.69) is 282 Å². The number of fused-ring (bicyclic) bond motifs is 14. The highest BCUT2D eigenvalue weighted by molar-refractivity contribution is 6.71. The van der Waals surface area contributed by atoms with Crippen molar-refractivity contribution in [2.45, 2.75) is 57.8 Å². The maximum absolute atomic E-state index is 2.68. The van der Waals surface area contributed by atoms with Crippen molar-refractivity contribution in [1.82, 2.24) is 0 Å². The molecule has 1 atom stereocenters. The minimum Gasteiger partial charge on any atom is -0.310 e. The van der Waals surface area contributed by atoms with Gasteiger partial charge in [0.15, 0.2) is 0 Å². The molecular formula is C73H61NSi2. The molecule has 366 valence electrons. The third-order valence-electron chi connectivity index (χ3n) is 17.7. The van der Waals surface area contributed by atoms with E-state index in [1.165, 1.54) is 143 Å². The van der Waals surface area contributed by atoms with Gasteiger partial charge in [-0.2, -0.15) is 0 Å². The molecule has 76 heavy (non-hydrogen) atoms. The number of aryl methyl sites for hydroxylation is 3.